The fraction of sp³-hybridized carbons (Fsp3) is 0.958. The molecule has 5 aliphatic rings. The summed E-state index contributed by atoms with van der Waals surface area (Å²) in [5.41, 5.74) is 0.763. The molecule has 4 aliphatic carbocycles. The molecule has 1 heterocycles. The molecule has 0 N–H and O–H groups in total. The molecule has 8 atom stereocenters. The van der Waals surface area contributed by atoms with Gasteiger partial charge in [0.05, 0.1) is 6.10 Å². The van der Waals surface area contributed by atoms with E-state index in [9.17, 15) is 4.79 Å². The maximum absolute atomic E-state index is 12.1. The summed E-state index contributed by atoms with van der Waals surface area (Å²) in [7, 11) is 0. The summed E-state index contributed by atoms with van der Waals surface area (Å²) in [6, 6.07) is 0. The molecule has 5 rings (SSSR count). The second kappa shape index (κ2) is 6.83. The predicted molar refractivity (Wildman–Crippen MR) is 105 cm³/mol. The first-order chi connectivity index (χ1) is 13.0. The van der Waals surface area contributed by atoms with Gasteiger partial charge in [-0.3, -0.25) is 4.79 Å². The normalized spacial score (nSPS) is 52.7. The average Bonchev–Trinajstić information content (AvgIpc) is 3.00. The van der Waals surface area contributed by atoms with Gasteiger partial charge in [0.1, 0.15) is 5.78 Å². The lowest BCUT2D eigenvalue weighted by atomic mass is 9.45. The van der Waals surface area contributed by atoms with Crippen molar-refractivity contribution in [2.24, 2.45) is 34.5 Å². The van der Waals surface area contributed by atoms with Gasteiger partial charge in [-0.25, -0.2) is 0 Å². The Hall–Kier alpha value is -0.410. The summed E-state index contributed by atoms with van der Waals surface area (Å²) >= 11 is 0. The van der Waals surface area contributed by atoms with Crippen molar-refractivity contribution < 1.29 is 14.3 Å². The Morgan fingerprint density at radius 2 is 1.78 bits per heavy atom. The molecule has 1 aliphatic heterocycles. The van der Waals surface area contributed by atoms with E-state index < -0.39 is 0 Å². The van der Waals surface area contributed by atoms with E-state index in [1.807, 2.05) is 0 Å². The minimum atomic E-state index is 0.0506. The van der Waals surface area contributed by atoms with E-state index in [1.165, 1.54) is 51.4 Å². The van der Waals surface area contributed by atoms with Crippen LogP contribution in [-0.4, -0.2) is 24.8 Å². The van der Waals surface area contributed by atoms with E-state index in [0.29, 0.717) is 28.6 Å². The highest BCUT2D eigenvalue weighted by Crippen LogP contribution is 2.66. The number of ether oxygens (including phenoxy) is 2. The van der Waals surface area contributed by atoms with Crippen LogP contribution < -0.4 is 0 Å². The Balaban J connectivity index is 1.33. The highest BCUT2D eigenvalue weighted by atomic mass is 16.7. The first-order valence-electron chi connectivity index (χ1n) is 11.8. The molecule has 4 saturated carbocycles. The second-order valence-electron chi connectivity index (χ2n) is 10.9. The van der Waals surface area contributed by atoms with Crippen molar-refractivity contribution in [3.63, 3.8) is 0 Å². The zero-order valence-corrected chi connectivity index (χ0v) is 17.4. The molecule has 0 aromatic heterocycles. The molecule has 5 fully saturated rings. The third-order valence-electron chi connectivity index (χ3n) is 9.85. The Kier molecular flexibility index (Phi) is 4.71. The number of carbonyl (C=O) groups excluding carboxylic acids is 1. The molecule has 0 spiro atoms. The monoisotopic (exact) mass is 374 g/mol. The van der Waals surface area contributed by atoms with E-state index >= 15 is 0 Å². The number of hydrogen-bond donors (Lipinski definition) is 0. The molecule has 0 aromatic carbocycles. The summed E-state index contributed by atoms with van der Waals surface area (Å²) in [5, 5.41) is 0. The molecular formula is C24H38O3. The van der Waals surface area contributed by atoms with Crippen LogP contribution in [0.5, 0.6) is 0 Å². The molecule has 27 heavy (non-hydrogen) atoms. The van der Waals surface area contributed by atoms with Crippen LogP contribution in [0.25, 0.3) is 0 Å². The van der Waals surface area contributed by atoms with E-state index in [1.54, 1.807) is 0 Å². The van der Waals surface area contributed by atoms with Crippen LogP contribution in [0.1, 0.15) is 90.9 Å². The van der Waals surface area contributed by atoms with Gasteiger partial charge in [0, 0.05) is 19.4 Å². The summed E-state index contributed by atoms with van der Waals surface area (Å²) in [6.07, 6.45) is 14.7. The molecule has 0 aromatic rings. The van der Waals surface area contributed by atoms with Crippen molar-refractivity contribution in [3.05, 3.63) is 0 Å². The Labute approximate surface area is 164 Å². The molecule has 152 valence electrons. The molecule has 1 saturated heterocycles. The van der Waals surface area contributed by atoms with Crippen LogP contribution in [0.15, 0.2) is 0 Å². The Morgan fingerprint density at radius 3 is 2.59 bits per heavy atom. The molecule has 3 heteroatoms. The molecule has 0 amide bonds. The fourth-order valence-electron chi connectivity index (χ4n) is 8.22. The molecule has 0 bridgehead atoms. The number of fused-ring (bicyclic) bond motifs is 5. The van der Waals surface area contributed by atoms with Gasteiger partial charge in [0.15, 0.2) is 6.29 Å². The largest absolute Gasteiger partial charge is 0.353 e. The SMILES string of the molecule is C[C@]12CCC(=O)C[C@@H]1CC[C@H]1[C@H]2CC[C@]2(C)[C@@H](O[C@@H]3CCCCO3)CC[C@H]12. The van der Waals surface area contributed by atoms with Gasteiger partial charge in [-0.2, -0.15) is 0 Å². The molecule has 0 radical (unpaired) electrons. The molecular weight excluding hydrogens is 336 g/mol. The van der Waals surface area contributed by atoms with Crippen LogP contribution >= 0.6 is 0 Å². The first-order valence-corrected chi connectivity index (χ1v) is 11.8. The van der Waals surface area contributed by atoms with Gasteiger partial charge in [0.25, 0.3) is 0 Å². The van der Waals surface area contributed by atoms with Crippen molar-refractivity contribution in [1.29, 1.82) is 0 Å². The Bertz CT molecular complexity index is 582. The summed E-state index contributed by atoms with van der Waals surface area (Å²) in [4.78, 5) is 12.1. The quantitative estimate of drug-likeness (QED) is 0.639. The topological polar surface area (TPSA) is 35.5 Å². The Morgan fingerprint density at radius 1 is 0.926 bits per heavy atom. The second-order valence-corrected chi connectivity index (χ2v) is 10.9. The molecule has 0 unspecified atom stereocenters. The van der Waals surface area contributed by atoms with Gasteiger partial charge >= 0.3 is 0 Å². The lowest BCUT2D eigenvalue weighted by Crippen LogP contribution is -2.54. The van der Waals surface area contributed by atoms with Crippen LogP contribution in [-0.2, 0) is 14.3 Å². The van der Waals surface area contributed by atoms with E-state index in [0.717, 1.165) is 50.0 Å². The van der Waals surface area contributed by atoms with Crippen LogP contribution in [0, 0.1) is 34.5 Å². The molecule has 3 nitrogen and oxygen atoms in total. The standard InChI is InChI=1S/C24H38O3/c1-23-12-10-17(25)15-16(23)6-7-18-19-8-9-21(24(19,2)13-11-20(18)23)27-22-5-3-4-14-26-22/h16,18-22H,3-15H2,1-2H3/t16-,18+,19+,20+,21-,22+,23-,24-/m0/s1. The lowest BCUT2D eigenvalue weighted by Gasteiger charge is -2.60. The fourth-order valence-corrected chi connectivity index (χ4v) is 8.22. The number of rotatable bonds is 2. The third kappa shape index (κ3) is 2.94. The van der Waals surface area contributed by atoms with Crippen LogP contribution in [0.3, 0.4) is 0 Å². The van der Waals surface area contributed by atoms with Gasteiger partial charge in [-0.05, 0) is 98.7 Å². The highest BCUT2D eigenvalue weighted by Gasteiger charge is 2.60. The van der Waals surface area contributed by atoms with Gasteiger partial charge in [-0.15, -0.1) is 0 Å². The summed E-state index contributed by atoms with van der Waals surface area (Å²) in [5.74, 6) is 3.71. The van der Waals surface area contributed by atoms with Crippen molar-refractivity contribution in [1.82, 2.24) is 0 Å². The number of Topliss-reactive ketones (excluding diaryl/α,β-unsaturated/α-hetero) is 1. The first kappa shape index (κ1) is 18.6. The predicted octanol–water partition coefficient (Wildman–Crippen LogP) is 5.51. The van der Waals surface area contributed by atoms with Gasteiger partial charge in [0.2, 0.25) is 0 Å². The maximum Gasteiger partial charge on any atom is 0.157 e. The van der Waals surface area contributed by atoms with Crippen molar-refractivity contribution in [2.45, 2.75) is 103 Å². The minimum Gasteiger partial charge on any atom is -0.353 e. The number of hydrogen-bond acceptors (Lipinski definition) is 3. The van der Waals surface area contributed by atoms with Crippen molar-refractivity contribution in [2.75, 3.05) is 6.61 Å². The van der Waals surface area contributed by atoms with E-state index in [-0.39, 0.29) is 6.29 Å². The maximum atomic E-state index is 12.1. The van der Waals surface area contributed by atoms with Crippen LogP contribution in [0.4, 0.5) is 0 Å². The minimum absolute atomic E-state index is 0.0506. The zero-order chi connectivity index (χ0) is 18.6. The lowest BCUT2D eigenvalue weighted by molar-refractivity contribution is -0.218. The van der Waals surface area contributed by atoms with E-state index in [2.05, 4.69) is 13.8 Å². The smallest absolute Gasteiger partial charge is 0.157 e. The third-order valence-corrected chi connectivity index (χ3v) is 9.85. The van der Waals surface area contributed by atoms with Gasteiger partial charge in [-0.1, -0.05) is 13.8 Å². The average molecular weight is 375 g/mol. The van der Waals surface area contributed by atoms with Gasteiger partial charge < -0.3 is 9.47 Å². The van der Waals surface area contributed by atoms with Crippen molar-refractivity contribution >= 4 is 5.78 Å². The summed E-state index contributed by atoms with van der Waals surface area (Å²) < 4.78 is 12.5. The van der Waals surface area contributed by atoms with E-state index in [4.69, 9.17) is 9.47 Å². The number of carbonyl (C=O) groups is 1. The number of ketones is 1. The highest BCUT2D eigenvalue weighted by molar-refractivity contribution is 5.79. The zero-order valence-electron chi connectivity index (χ0n) is 17.4. The van der Waals surface area contributed by atoms with Crippen molar-refractivity contribution in [3.8, 4) is 0 Å². The van der Waals surface area contributed by atoms with Crippen LogP contribution in [0.2, 0.25) is 0 Å². The summed E-state index contributed by atoms with van der Waals surface area (Å²) in [6.45, 7) is 5.95.